The van der Waals surface area contributed by atoms with Crippen LogP contribution in [-0.4, -0.2) is 40.1 Å². The van der Waals surface area contributed by atoms with Crippen molar-refractivity contribution in [2.75, 3.05) is 6.54 Å². The van der Waals surface area contributed by atoms with Crippen LogP contribution in [0.1, 0.15) is 66.7 Å². The van der Waals surface area contributed by atoms with E-state index in [9.17, 15) is 24.5 Å². The minimum Gasteiger partial charge on any atom is -0.352 e. The molecule has 1 atom stereocenters. The average molecular weight is 361 g/mol. The summed E-state index contributed by atoms with van der Waals surface area (Å²) >= 11 is 0. The van der Waals surface area contributed by atoms with Crippen LogP contribution >= 0.6 is 0 Å². The zero-order chi connectivity index (χ0) is 19.3. The number of non-ortho nitro benzene ring substituents is 1. The molecule has 2 rings (SSSR count). The van der Waals surface area contributed by atoms with Crippen molar-refractivity contribution in [3.8, 4) is 0 Å². The number of benzene rings is 1. The number of nitro benzene ring substituents is 1. The van der Waals surface area contributed by atoms with Crippen LogP contribution in [0.25, 0.3) is 0 Å². The highest BCUT2D eigenvalue weighted by Gasteiger charge is 2.37. The van der Waals surface area contributed by atoms with Crippen molar-refractivity contribution in [3.63, 3.8) is 0 Å². The van der Waals surface area contributed by atoms with Crippen molar-refractivity contribution in [1.82, 2.24) is 10.2 Å². The Hall–Kier alpha value is -2.77. The molecule has 1 aromatic rings. The summed E-state index contributed by atoms with van der Waals surface area (Å²) in [7, 11) is 0. The fourth-order valence-electron chi connectivity index (χ4n) is 2.95. The Labute approximate surface area is 151 Å². The second kappa shape index (κ2) is 8.55. The van der Waals surface area contributed by atoms with Gasteiger partial charge in [0.25, 0.3) is 17.5 Å². The van der Waals surface area contributed by atoms with E-state index in [0.717, 1.165) is 43.1 Å². The number of carbonyl (C=O) groups excluding carboxylic acids is 3. The summed E-state index contributed by atoms with van der Waals surface area (Å²) in [6.45, 7) is 3.62. The van der Waals surface area contributed by atoms with Gasteiger partial charge in [0.05, 0.1) is 16.1 Å². The molecule has 1 N–H and O–H groups in total. The van der Waals surface area contributed by atoms with Gasteiger partial charge in [0, 0.05) is 18.2 Å². The number of nitrogens with zero attached hydrogens (tertiary/aromatic N) is 2. The second-order valence-electron chi connectivity index (χ2n) is 6.50. The van der Waals surface area contributed by atoms with Gasteiger partial charge in [-0.1, -0.05) is 32.6 Å². The first-order valence-corrected chi connectivity index (χ1v) is 8.79. The molecular formula is C18H23N3O5. The Morgan fingerprint density at radius 3 is 2.54 bits per heavy atom. The molecule has 8 heteroatoms. The summed E-state index contributed by atoms with van der Waals surface area (Å²) in [4.78, 5) is 47.8. The van der Waals surface area contributed by atoms with Gasteiger partial charge < -0.3 is 5.32 Å². The highest BCUT2D eigenvalue weighted by Crippen LogP contribution is 2.26. The standard InChI is InChI=1S/C18H23N3O5/c1-3-4-5-6-7-12(2)19-16(22)11-20-17(23)14-9-8-13(21(25)26)10-15(14)18(20)24/h8-10,12H,3-7,11H2,1-2H3,(H,19,22)/t12-/m1/s1. The van der Waals surface area contributed by atoms with E-state index in [4.69, 9.17) is 0 Å². The van der Waals surface area contributed by atoms with Crippen LogP contribution in [0.3, 0.4) is 0 Å². The molecule has 1 heterocycles. The number of imide groups is 1. The predicted molar refractivity (Wildman–Crippen MR) is 94.8 cm³/mol. The van der Waals surface area contributed by atoms with Gasteiger partial charge in [0.1, 0.15) is 6.54 Å². The molecule has 1 aromatic carbocycles. The molecule has 0 fully saturated rings. The summed E-state index contributed by atoms with van der Waals surface area (Å²) in [6.07, 6.45) is 5.24. The third-order valence-electron chi connectivity index (χ3n) is 4.36. The minimum absolute atomic E-state index is 0.0374. The van der Waals surface area contributed by atoms with Gasteiger partial charge in [0.15, 0.2) is 0 Å². The molecule has 0 saturated carbocycles. The number of nitrogens with one attached hydrogen (secondary N) is 1. The molecule has 0 aromatic heterocycles. The minimum atomic E-state index is -0.681. The SMILES string of the molecule is CCCCCC[C@@H](C)NC(=O)CN1C(=O)c2ccc([N+](=O)[O-])cc2C1=O. The van der Waals surface area contributed by atoms with Crippen molar-refractivity contribution in [1.29, 1.82) is 0 Å². The first kappa shape index (κ1) is 19.6. The van der Waals surface area contributed by atoms with E-state index in [1.54, 1.807) is 0 Å². The van der Waals surface area contributed by atoms with E-state index in [1.165, 1.54) is 12.1 Å². The van der Waals surface area contributed by atoms with Gasteiger partial charge >= 0.3 is 0 Å². The van der Waals surface area contributed by atoms with Crippen LogP contribution in [0, 0.1) is 10.1 Å². The van der Waals surface area contributed by atoms with Crippen molar-refractivity contribution in [3.05, 3.63) is 39.4 Å². The molecule has 0 radical (unpaired) electrons. The smallest absolute Gasteiger partial charge is 0.270 e. The summed E-state index contributed by atoms with van der Waals surface area (Å²) in [5, 5.41) is 13.6. The fraction of sp³-hybridized carbons (Fsp3) is 0.500. The monoisotopic (exact) mass is 361 g/mol. The molecule has 0 bridgehead atoms. The summed E-state index contributed by atoms with van der Waals surface area (Å²) in [6, 6.07) is 3.45. The summed E-state index contributed by atoms with van der Waals surface area (Å²) in [5.41, 5.74) is -0.220. The number of amides is 3. The first-order valence-electron chi connectivity index (χ1n) is 8.79. The molecule has 0 unspecified atom stereocenters. The van der Waals surface area contributed by atoms with E-state index in [0.29, 0.717) is 0 Å². The van der Waals surface area contributed by atoms with Gasteiger partial charge in [-0.2, -0.15) is 0 Å². The molecular weight excluding hydrogens is 338 g/mol. The highest BCUT2D eigenvalue weighted by molar-refractivity contribution is 6.22. The van der Waals surface area contributed by atoms with Gasteiger partial charge in [0.2, 0.25) is 5.91 Å². The predicted octanol–water partition coefficient (Wildman–Crippen LogP) is 2.67. The fourth-order valence-corrected chi connectivity index (χ4v) is 2.95. The zero-order valence-electron chi connectivity index (χ0n) is 15.0. The zero-order valence-corrected chi connectivity index (χ0v) is 15.0. The van der Waals surface area contributed by atoms with Crippen LogP contribution in [0.2, 0.25) is 0 Å². The van der Waals surface area contributed by atoms with E-state index in [2.05, 4.69) is 12.2 Å². The number of carbonyl (C=O) groups is 3. The number of nitro groups is 1. The van der Waals surface area contributed by atoms with Crippen molar-refractivity contribution < 1.29 is 19.3 Å². The van der Waals surface area contributed by atoms with Crippen LogP contribution in [-0.2, 0) is 4.79 Å². The van der Waals surface area contributed by atoms with Crippen LogP contribution in [0.5, 0.6) is 0 Å². The maximum absolute atomic E-state index is 12.3. The lowest BCUT2D eigenvalue weighted by Gasteiger charge is -2.17. The highest BCUT2D eigenvalue weighted by atomic mass is 16.6. The Morgan fingerprint density at radius 2 is 1.88 bits per heavy atom. The Balaban J connectivity index is 1.95. The number of hydrogen-bond acceptors (Lipinski definition) is 5. The van der Waals surface area contributed by atoms with Crippen molar-refractivity contribution in [2.24, 2.45) is 0 Å². The van der Waals surface area contributed by atoms with Gasteiger partial charge in [-0.3, -0.25) is 29.4 Å². The lowest BCUT2D eigenvalue weighted by atomic mass is 10.1. The van der Waals surface area contributed by atoms with Crippen molar-refractivity contribution >= 4 is 23.4 Å². The third-order valence-corrected chi connectivity index (χ3v) is 4.36. The van der Waals surface area contributed by atoms with E-state index >= 15 is 0 Å². The van der Waals surface area contributed by atoms with Crippen LogP contribution < -0.4 is 5.32 Å². The lowest BCUT2D eigenvalue weighted by Crippen LogP contribution is -2.43. The topological polar surface area (TPSA) is 110 Å². The largest absolute Gasteiger partial charge is 0.352 e. The van der Waals surface area contributed by atoms with Gasteiger partial charge in [-0.15, -0.1) is 0 Å². The van der Waals surface area contributed by atoms with E-state index < -0.39 is 22.6 Å². The average Bonchev–Trinajstić information content (AvgIpc) is 2.83. The van der Waals surface area contributed by atoms with Gasteiger partial charge in [-0.25, -0.2) is 0 Å². The Kier molecular flexibility index (Phi) is 6.43. The number of fused-ring (bicyclic) bond motifs is 1. The van der Waals surface area contributed by atoms with Crippen LogP contribution in [0.15, 0.2) is 18.2 Å². The molecule has 8 nitrogen and oxygen atoms in total. The molecule has 3 amide bonds. The van der Waals surface area contributed by atoms with Gasteiger partial charge in [-0.05, 0) is 19.4 Å². The number of hydrogen-bond donors (Lipinski definition) is 1. The first-order chi connectivity index (χ1) is 12.3. The molecule has 0 saturated heterocycles. The van der Waals surface area contributed by atoms with Crippen molar-refractivity contribution in [2.45, 2.75) is 52.0 Å². The maximum atomic E-state index is 12.3. The lowest BCUT2D eigenvalue weighted by molar-refractivity contribution is -0.384. The number of unbranched alkanes of at least 4 members (excludes halogenated alkanes) is 3. The van der Waals surface area contributed by atoms with Crippen LogP contribution in [0.4, 0.5) is 5.69 Å². The quantitative estimate of drug-likeness (QED) is 0.315. The molecule has 0 spiro atoms. The molecule has 140 valence electrons. The third kappa shape index (κ3) is 4.44. The number of rotatable bonds is 9. The Bertz CT molecular complexity index is 732. The molecule has 1 aliphatic heterocycles. The van der Waals surface area contributed by atoms with E-state index in [1.807, 2.05) is 6.92 Å². The molecule has 0 aliphatic carbocycles. The molecule has 1 aliphatic rings. The second-order valence-corrected chi connectivity index (χ2v) is 6.50. The van der Waals surface area contributed by atoms with E-state index in [-0.39, 0.29) is 29.4 Å². The maximum Gasteiger partial charge on any atom is 0.270 e. The summed E-state index contributed by atoms with van der Waals surface area (Å²) < 4.78 is 0. The Morgan fingerprint density at radius 1 is 1.19 bits per heavy atom. The molecule has 26 heavy (non-hydrogen) atoms. The summed E-state index contributed by atoms with van der Waals surface area (Å²) in [5.74, 6) is -1.71. The normalized spacial score (nSPS) is 14.3.